The molecule has 114 valence electrons. The number of rotatable bonds is 6. The summed E-state index contributed by atoms with van der Waals surface area (Å²) in [7, 11) is 0. The maximum atomic E-state index is 12.9. The Bertz CT molecular complexity index is 386. The number of hydrogen-bond acceptors (Lipinski definition) is 3. The Morgan fingerprint density at radius 2 is 2.10 bits per heavy atom. The van der Waals surface area contributed by atoms with Gasteiger partial charge in [-0.2, -0.15) is 0 Å². The van der Waals surface area contributed by atoms with Gasteiger partial charge in [0.2, 0.25) is 0 Å². The van der Waals surface area contributed by atoms with Crippen molar-refractivity contribution in [1.29, 1.82) is 0 Å². The second kappa shape index (κ2) is 9.16. The number of piperazine rings is 1. The van der Waals surface area contributed by atoms with Crippen molar-refractivity contribution in [1.82, 2.24) is 10.2 Å². The first kappa shape index (κ1) is 17.2. The van der Waals surface area contributed by atoms with Gasteiger partial charge in [-0.05, 0) is 31.0 Å². The lowest BCUT2D eigenvalue weighted by Gasteiger charge is -2.35. The van der Waals surface area contributed by atoms with Crippen LogP contribution >= 0.6 is 12.4 Å². The summed E-state index contributed by atoms with van der Waals surface area (Å²) in [6.07, 6.45) is 0.551. The van der Waals surface area contributed by atoms with Crippen LogP contribution in [0.15, 0.2) is 24.3 Å². The number of nitrogens with one attached hydrogen (secondary N) is 1. The van der Waals surface area contributed by atoms with Crippen LogP contribution in [0.2, 0.25) is 0 Å². The van der Waals surface area contributed by atoms with Crippen molar-refractivity contribution in [3.05, 3.63) is 29.8 Å². The van der Waals surface area contributed by atoms with E-state index in [1.165, 1.54) is 0 Å². The van der Waals surface area contributed by atoms with E-state index in [2.05, 4.69) is 16.3 Å². The minimum atomic E-state index is -0.284. The average molecular weight is 303 g/mol. The summed E-state index contributed by atoms with van der Waals surface area (Å²) in [5, 5.41) is 3.33. The highest BCUT2D eigenvalue weighted by Crippen LogP contribution is 2.27. The van der Waals surface area contributed by atoms with Crippen LogP contribution in [0.4, 0.5) is 4.39 Å². The van der Waals surface area contributed by atoms with Crippen molar-refractivity contribution in [3.8, 4) is 5.75 Å². The van der Waals surface area contributed by atoms with E-state index in [4.69, 9.17) is 4.74 Å². The summed E-state index contributed by atoms with van der Waals surface area (Å²) >= 11 is 0. The molecule has 1 saturated heterocycles. The van der Waals surface area contributed by atoms with Crippen molar-refractivity contribution in [2.45, 2.75) is 19.4 Å². The topological polar surface area (TPSA) is 24.5 Å². The molecule has 0 bridgehead atoms. The molecule has 0 saturated carbocycles. The third kappa shape index (κ3) is 4.62. The number of benzene rings is 1. The van der Waals surface area contributed by atoms with Crippen molar-refractivity contribution in [2.24, 2.45) is 0 Å². The highest BCUT2D eigenvalue weighted by atomic mass is 35.5. The van der Waals surface area contributed by atoms with Crippen molar-refractivity contribution in [2.75, 3.05) is 39.5 Å². The second-order valence-electron chi connectivity index (χ2n) is 4.78. The summed E-state index contributed by atoms with van der Waals surface area (Å²) in [4.78, 5) is 2.36. The third-order valence-corrected chi connectivity index (χ3v) is 3.53. The summed E-state index contributed by atoms with van der Waals surface area (Å²) in [5.41, 5.74) is 1.16. The molecular weight excluding hydrogens is 279 g/mol. The van der Waals surface area contributed by atoms with Crippen LogP contribution < -0.4 is 10.1 Å². The molecule has 0 aromatic heterocycles. The van der Waals surface area contributed by atoms with Gasteiger partial charge in [-0.15, -0.1) is 12.4 Å². The van der Waals surface area contributed by atoms with E-state index in [9.17, 15) is 4.39 Å². The quantitative estimate of drug-likeness (QED) is 0.874. The zero-order valence-electron chi connectivity index (χ0n) is 12.0. The van der Waals surface area contributed by atoms with Gasteiger partial charge in [-0.25, -0.2) is 0 Å². The normalized spacial score (nSPS) is 17.3. The molecule has 1 atom stereocenters. The lowest BCUT2D eigenvalue weighted by Crippen LogP contribution is -2.45. The standard InChI is InChI=1S/C15H23FN2O.ClH/c1-2-19-14-5-3-4-13(12-14)15(6-7-16)18-10-8-17-9-11-18;/h3-5,12,15,17H,2,6-11H2,1H3;1H/t15-;/m0./s1. The van der Waals surface area contributed by atoms with Crippen LogP contribution in [0.25, 0.3) is 0 Å². The highest BCUT2D eigenvalue weighted by Gasteiger charge is 2.22. The van der Waals surface area contributed by atoms with E-state index < -0.39 is 0 Å². The molecule has 0 amide bonds. The molecule has 1 N–H and O–H groups in total. The Hall–Kier alpha value is -0.840. The van der Waals surface area contributed by atoms with Crippen LogP contribution in [-0.2, 0) is 0 Å². The number of halogens is 2. The zero-order chi connectivity index (χ0) is 13.5. The van der Waals surface area contributed by atoms with Gasteiger partial charge in [0.1, 0.15) is 5.75 Å². The fraction of sp³-hybridized carbons (Fsp3) is 0.600. The second-order valence-corrected chi connectivity index (χ2v) is 4.78. The number of hydrogen-bond donors (Lipinski definition) is 1. The average Bonchev–Trinajstić information content (AvgIpc) is 2.46. The number of nitrogens with zero attached hydrogens (tertiary/aromatic N) is 1. The minimum Gasteiger partial charge on any atom is -0.494 e. The van der Waals surface area contributed by atoms with Crippen LogP contribution in [0.3, 0.4) is 0 Å². The van der Waals surface area contributed by atoms with Crippen LogP contribution in [0, 0.1) is 0 Å². The predicted molar refractivity (Wildman–Crippen MR) is 82.6 cm³/mol. The SMILES string of the molecule is CCOc1cccc([C@H](CCF)N2CCNCC2)c1.Cl. The molecule has 0 unspecified atom stereocenters. The molecule has 1 aromatic carbocycles. The molecule has 5 heteroatoms. The molecule has 1 aliphatic rings. The summed E-state index contributed by atoms with van der Waals surface area (Å²) in [5.74, 6) is 0.874. The van der Waals surface area contributed by atoms with Gasteiger partial charge in [0.15, 0.2) is 0 Å². The summed E-state index contributed by atoms with van der Waals surface area (Å²) in [6.45, 7) is 6.26. The molecule has 1 fully saturated rings. The van der Waals surface area contributed by atoms with E-state index in [0.29, 0.717) is 13.0 Å². The van der Waals surface area contributed by atoms with Gasteiger partial charge in [0.05, 0.1) is 13.3 Å². The largest absolute Gasteiger partial charge is 0.494 e. The van der Waals surface area contributed by atoms with E-state index >= 15 is 0 Å². The van der Waals surface area contributed by atoms with Crippen LogP contribution in [0.1, 0.15) is 24.9 Å². The minimum absolute atomic E-state index is 0. The first-order valence-corrected chi connectivity index (χ1v) is 7.08. The fourth-order valence-corrected chi connectivity index (χ4v) is 2.64. The van der Waals surface area contributed by atoms with E-state index in [1.54, 1.807) is 0 Å². The van der Waals surface area contributed by atoms with Gasteiger partial charge in [0, 0.05) is 32.2 Å². The van der Waals surface area contributed by atoms with Gasteiger partial charge in [-0.3, -0.25) is 9.29 Å². The first-order valence-electron chi connectivity index (χ1n) is 7.08. The zero-order valence-corrected chi connectivity index (χ0v) is 12.8. The Morgan fingerprint density at radius 3 is 2.75 bits per heavy atom. The van der Waals surface area contributed by atoms with Gasteiger partial charge >= 0.3 is 0 Å². The molecule has 1 heterocycles. The summed E-state index contributed by atoms with van der Waals surface area (Å²) < 4.78 is 18.4. The van der Waals surface area contributed by atoms with Crippen molar-refractivity contribution >= 4 is 12.4 Å². The van der Waals surface area contributed by atoms with E-state index in [-0.39, 0.29) is 25.1 Å². The van der Waals surface area contributed by atoms with Crippen molar-refractivity contribution in [3.63, 3.8) is 0 Å². The predicted octanol–water partition coefficient (Wildman–Crippen LogP) is 2.81. The third-order valence-electron chi connectivity index (χ3n) is 3.53. The van der Waals surface area contributed by atoms with Crippen LogP contribution in [0.5, 0.6) is 5.75 Å². The maximum Gasteiger partial charge on any atom is 0.119 e. The Balaban J connectivity index is 0.00000200. The first-order chi connectivity index (χ1) is 9.35. The molecule has 0 spiro atoms. The Labute approximate surface area is 126 Å². The smallest absolute Gasteiger partial charge is 0.119 e. The van der Waals surface area contributed by atoms with E-state index in [1.807, 2.05) is 25.1 Å². The molecular formula is C15H24ClFN2O. The molecule has 0 radical (unpaired) electrons. The lowest BCUT2D eigenvalue weighted by atomic mass is 10.0. The Morgan fingerprint density at radius 1 is 1.35 bits per heavy atom. The fourth-order valence-electron chi connectivity index (χ4n) is 2.64. The number of ether oxygens (including phenoxy) is 1. The van der Waals surface area contributed by atoms with Gasteiger partial charge in [-0.1, -0.05) is 12.1 Å². The number of alkyl halides is 1. The van der Waals surface area contributed by atoms with E-state index in [0.717, 1.165) is 37.5 Å². The summed E-state index contributed by atoms with van der Waals surface area (Å²) in [6, 6.07) is 8.23. The monoisotopic (exact) mass is 302 g/mol. The van der Waals surface area contributed by atoms with Crippen molar-refractivity contribution < 1.29 is 9.13 Å². The van der Waals surface area contributed by atoms with Crippen LogP contribution in [-0.4, -0.2) is 44.4 Å². The van der Waals surface area contributed by atoms with Gasteiger partial charge in [0.25, 0.3) is 0 Å². The molecule has 3 nitrogen and oxygen atoms in total. The molecule has 20 heavy (non-hydrogen) atoms. The molecule has 0 aliphatic carbocycles. The lowest BCUT2D eigenvalue weighted by molar-refractivity contribution is 0.157. The molecule has 1 aliphatic heterocycles. The Kier molecular flexibility index (Phi) is 7.88. The van der Waals surface area contributed by atoms with Gasteiger partial charge < -0.3 is 10.1 Å². The highest BCUT2D eigenvalue weighted by molar-refractivity contribution is 5.85. The maximum absolute atomic E-state index is 12.9. The molecule has 1 aromatic rings. The molecule has 2 rings (SSSR count).